The molecular formula is C18H25FIN5O. The first-order chi connectivity index (χ1) is 12.1. The molecule has 0 saturated heterocycles. The maximum absolute atomic E-state index is 13.5. The molecular weight excluding hydrogens is 448 g/mol. The van der Waals surface area contributed by atoms with E-state index in [2.05, 4.69) is 25.5 Å². The van der Waals surface area contributed by atoms with Gasteiger partial charge in [0.2, 0.25) is 0 Å². The maximum Gasteiger partial charge on any atom is 0.251 e. The number of carbonyl (C=O) groups is 1. The minimum absolute atomic E-state index is 0. The maximum atomic E-state index is 13.5. The topological polar surface area (TPSA) is 70.4 Å². The molecule has 0 aliphatic carbocycles. The molecule has 0 radical (unpaired) electrons. The Labute approximate surface area is 170 Å². The number of nitrogens with zero attached hydrogens (tertiary/aromatic N) is 2. The third-order valence-corrected chi connectivity index (χ3v) is 3.69. The summed E-state index contributed by atoms with van der Waals surface area (Å²) in [5.41, 5.74) is 0.838. The predicted octanol–water partition coefficient (Wildman–Crippen LogP) is 2.15. The molecule has 1 aromatic heterocycles. The molecule has 0 aliphatic rings. The molecule has 0 fully saturated rings. The van der Waals surface area contributed by atoms with Gasteiger partial charge in [0.05, 0.1) is 0 Å². The van der Waals surface area contributed by atoms with Gasteiger partial charge < -0.3 is 20.5 Å². The SMILES string of the molecule is CN=C(NCCNC(=O)c1ccc(C)c(F)c1)NCCn1cccc1.I. The average Bonchev–Trinajstić information content (AvgIpc) is 3.12. The first-order valence-electron chi connectivity index (χ1n) is 8.20. The Hall–Kier alpha value is -2.10. The van der Waals surface area contributed by atoms with Crippen LogP contribution in [0.15, 0.2) is 47.7 Å². The molecule has 1 aromatic carbocycles. The van der Waals surface area contributed by atoms with Crippen LogP contribution in [0.4, 0.5) is 4.39 Å². The van der Waals surface area contributed by atoms with E-state index in [1.54, 1.807) is 26.1 Å². The number of hydrogen-bond acceptors (Lipinski definition) is 2. The molecule has 0 spiro atoms. The molecule has 0 bridgehead atoms. The summed E-state index contributed by atoms with van der Waals surface area (Å²) in [5, 5.41) is 9.06. The van der Waals surface area contributed by atoms with Crippen molar-refractivity contribution in [2.24, 2.45) is 4.99 Å². The number of aryl methyl sites for hydroxylation is 1. The lowest BCUT2D eigenvalue weighted by Gasteiger charge is -2.13. The van der Waals surface area contributed by atoms with E-state index < -0.39 is 0 Å². The number of aliphatic imine (C=N–C) groups is 1. The highest BCUT2D eigenvalue weighted by molar-refractivity contribution is 14.0. The molecule has 2 rings (SSSR count). The lowest BCUT2D eigenvalue weighted by molar-refractivity contribution is 0.0954. The number of carbonyl (C=O) groups excluding carboxylic acids is 1. The molecule has 0 atom stereocenters. The molecule has 8 heteroatoms. The zero-order chi connectivity index (χ0) is 18.1. The van der Waals surface area contributed by atoms with E-state index in [0.29, 0.717) is 30.2 Å². The fourth-order valence-electron chi connectivity index (χ4n) is 2.24. The van der Waals surface area contributed by atoms with Gasteiger partial charge in [-0.15, -0.1) is 24.0 Å². The molecule has 0 unspecified atom stereocenters. The second-order valence-corrected chi connectivity index (χ2v) is 5.57. The Morgan fingerprint density at radius 1 is 1.12 bits per heavy atom. The average molecular weight is 473 g/mol. The Morgan fingerprint density at radius 2 is 1.77 bits per heavy atom. The van der Waals surface area contributed by atoms with Gasteiger partial charge in [0, 0.05) is 51.2 Å². The van der Waals surface area contributed by atoms with E-state index in [4.69, 9.17) is 0 Å². The molecule has 0 aliphatic heterocycles. The Balaban J connectivity index is 0.00000338. The molecule has 142 valence electrons. The highest BCUT2D eigenvalue weighted by atomic mass is 127. The number of benzene rings is 1. The van der Waals surface area contributed by atoms with Crippen LogP contribution in [0.3, 0.4) is 0 Å². The van der Waals surface area contributed by atoms with Gasteiger partial charge in [0.15, 0.2) is 5.96 Å². The molecule has 2 aromatic rings. The predicted molar refractivity (Wildman–Crippen MR) is 113 cm³/mol. The van der Waals surface area contributed by atoms with E-state index in [-0.39, 0.29) is 35.7 Å². The van der Waals surface area contributed by atoms with Gasteiger partial charge in [0.1, 0.15) is 5.82 Å². The zero-order valence-electron chi connectivity index (χ0n) is 15.0. The molecule has 6 nitrogen and oxygen atoms in total. The van der Waals surface area contributed by atoms with E-state index in [9.17, 15) is 9.18 Å². The van der Waals surface area contributed by atoms with Crippen LogP contribution < -0.4 is 16.0 Å². The van der Waals surface area contributed by atoms with Crippen molar-refractivity contribution in [1.82, 2.24) is 20.5 Å². The Morgan fingerprint density at radius 3 is 2.42 bits per heavy atom. The number of rotatable bonds is 7. The van der Waals surface area contributed by atoms with E-state index in [1.807, 2.05) is 24.5 Å². The molecule has 26 heavy (non-hydrogen) atoms. The van der Waals surface area contributed by atoms with Gasteiger partial charge in [-0.3, -0.25) is 9.79 Å². The molecule has 0 saturated carbocycles. The normalized spacial score (nSPS) is 10.8. The summed E-state index contributed by atoms with van der Waals surface area (Å²) >= 11 is 0. The first-order valence-corrected chi connectivity index (χ1v) is 8.20. The summed E-state index contributed by atoms with van der Waals surface area (Å²) in [7, 11) is 1.69. The Bertz CT molecular complexity index is 718. The van der Waals surface area contributed by atoms with Crippen molar-refractivity contribution < 1.29 is 9.18 Å². The highest BCUT2D eigenvalue weighted by Gasteiger charge is 2.07. The van der Waals surface area contributed by atoms with Crippen molar-refractivity contribution >= 4 is 35.8 Å². The van der Waals surface area contributed by atoms with Gasteiger partial charge in [-0.2, -0.15) is 0 Å². The van der Waals surface area contributed by atoms with E-state index in [0.717, 1.165) is 13.1 Å². The summed E-state index contributed by atoms with van der Waals surface area (Å²) in [5.74, 6) is -0.00268. The van der Waals surface area contributed by atoms with Gasteiger partial charge >= 0.3 is 0 Å². The summed E-state index contributed by atoms with van der Waals surface area (Å²) in [6.07, 6.45) is 4.00. The smallest absolute Gasteiger partial charge is 0.251 e. The van der Waals surface area contributed by atoms with Crippen molar-refractivity contribution in [3.63, 3.8) is 0 Å². The second-order valence-electron chi connectivity index (χ2n) is 5.57. The quantitative estimate of drug-likeness (QED) is 0.250. The van der Waals surface area contributed by atoms with Crippen molar-refractivity contribution in [3.05, 3.63) is 59.7 Å². The van der Waals surface area contributed by atoms with Crippen molar-refractivity contribution in [2.75, 3.05) is 26.7 Å². The third kappa shape index (κ3) is 7.03. The number of guanidine groups is 1. The lowest BCUT2D eigenvalue weighted by atomic mass is 10.1. The van der Waals surface area contributed by atoms with Gasteiger partial charge in [0.25, 0.3) is 5.91 Å². The van der Waals surface area contributed by atoms with Crippen molar-refractivity contribution in [3.8, 4) is 0 Å². The monoisotopic (exact) mass is 473 g/mol. The Kier molecular flexibility index (Phi) is 9.71. The van der Waals surface area contributed by atoms with E-state index in [1.165, 1.54) is 6.07 Å². The van der Waals surface area contributed by atoms with Gasteiger partial charge in [-0.05, 0) is 36.8 Å². The second kappa shape index (κ2) is 11.5. The van der Waals surface area contributed by atoms with Crippen LogP contribution in [0, 0.1) is 12.7 Å². The lowest BCUT2D eigenvalue weighted by Crippen LogP contribution is -2.42. The number of hydrogen-bond donors (Lipinski definition) is 3. The minimum atomic E-state index is -0.377. The van der Waals surface area contributed by atoms with E-state index >= 15 is 0 Å². The van der Waals surface area contributed by atoms with Crippen LogP contribution in [0.2, 0.25) is 0 Å². The number of amides is 1. The van der Waals surface area contributed by atoms with Crippen LogP contribution in [0.5, 0.6) is 0 Å². The minimum Gasteiger partial charge on any atom is -0.355 e. The standard InChI is InChI=1S/C18H24FN5O.HI/c1-14-5-6-15(13-16(14)19)17(25)21-7-8-22-18(20-2)23-9-12-24-10-3-4-11-24;/h3-6,10-11,13H,7-9,12H2,1-2H3,(H,21,25)(H2,20,22,23);1H. The zero-order valence-corrected chi connectivity index (χ0v) is 17.3. The van der Waals surface area contributed by atoms with Crippen LogP contribution in [-0.4, -0.2) is 43.1 Å². The third-order valence-electron chi connectivity index (χ3n) is 3.69. The summed E-state index contributed by atoms with van der Waals surface area (Å²) in [6.45, 7) is 4.17. The summed E-state index contributed by atoms with van der Waals surface area (Å²) in [4.78, 5) is 16.1. The fourth-order valence-corrected chi connectivity index (χ4v) is 2.24. The van der Waals surface area contributed by atoms with Gasteiger partial charge in [-0.1, -0.05) is 6.07 Å². The highest BCUT2D eigenvalue weighted by Crippen LogP contribution is 2.08. The van der Waals surface area contributed by atoms with Crippen LogP contribution in [-0.2, 0) is 6.54 Å². The summed E-state index contributed by atoms with van der Waals surface area (Å²) in [6, 6.07) is 8.42. The van der Waals surface area contributed by atoms with Crippen molar-refractivity contribution in [2.45, 2.75) is 13.5 Å². The number of nitrogens with one attached hydrogen (secondary N) is 3. The van der Waals surface area contributed by atoms with Crippen LogP contribution in [0.1, 0.15) is 15.9 Å². The number of halogens is 2. The largest absolute Gasteiger partial charge is 0.355 e. The molecule has 1 amide bonds. The van der Waals surface area contributed by atoms with Gasteiger partial charge in [-0.25, -0.2) is 4.39 Å². The number of aromatic nitrogens is 1. The van der Waals surface area contributed by atoms with Crippen LogP contribution in [0.25, 0.3) is 0 Å². The first kappa shape index (κ1) is 21.9. The fraction of sp³-hybridized carbons (Fsp3) is 0.333. The molecule has 1 heterocycles. The molecule has 3 N–H and O–H groups in total. The summed E-state index contributed by atoms with van der Waals surface area (Å²) < 4.78 is 15.6. The van der Waals surface area contributed by atoms with Crippen molar-refractivity contribution in [1.29, 1.82) is 0 Å². The van der Waals surface area contributed by atoms with Crippen LogP contribution >= 0.6 is 24.0 Å².